The van der Waals surface area contributed by atoms with Crippen LogP contribution in [0.25, 0.3) is 5.65 Å². The summed E-state index contributed by atoms with van der Waals surface area (Å²) < 4.78 is 11.9. The molecule has 0 aliphatic carbocycles. The van der Waals surface area contributed by atoms with Crippen LogP contribution < -0.4 is 5.56 Å². The van der Waals surface area contributed by atoms with Gasteiger partial charge in [0.15, 0.2) is 5.82 Å². The van der Waals surface area contributed by atoms with Crippen LogP contribution in [-0.2, 0) is 29.0 Å². The Bertz CT molecular complexity index is 1230. The Morgan fingerprint density at radius 2 is 1.97 bits per heavy atom. The number of hydrogen-bond donors (Lipinski definition) is 0. The molecule has 0 atom stereocenters. The molecule has 8 heteroatoms. The first kappa shape index (κ1) is 19.5. The van der Waals surface area contributed by atoms with Crippen molar-refractivity contribution in [2.45, 2.75) is 32.8 Å². The van der Waals surface area contributed by atoms with Crippen LogP contribution in [-0.4, -0.2) is 25.5 Å². The van der Waals surface area contributed by atoms with Crippen molar-refractivity contribution in [3.05, 3.63) is 93.6 Å². The number of pyridine rings is 1. The number of benzene rings is 1. The third-order valence-corrected chi connectivity index (χ3v) is 4.50. The summed E-state index contributed by atoms with van der Waals surface area (Å²) in [5.41, 5.74) is 2.74. The number of carbonyl (C=O) groups is 1. The Labute approximate surface area is 172 Å². The molecule has 0 amide bonds. The molecule has 3 heterocycles. The molecule has 152 valence electrons. The fraction of sp³-hybridized carbons (Fsp3) is 0.227. The van der Waals surface area contributed by atoms with E-state index in [-0.39, 0.29) is 25.0 Å². The van der Waals surface area contributed by atoms with E-state index in [1.165, 1.54) is 10.5 Å². The molecule has 8 nitrogen and oxygen atoms in total. The van der Waals surface area contributed by atoms with Gasteiger partial charge in [0.25, 0.3) is 5.56 Å². The largest absolute Gasteiger partial charge is 0.459 e. The van der Waals surface area contributed by atoms with Crippen molar-refractivity contribution in [3.8, 4) is 0 Å². The highest BCUT2D eigenvalue weighted by Crippen LogP contribution is 2.09. The van der Waals surface area contributed by atoms with Gasteiger partial charge >= 0.3 is 5.97 Å². The summed E-state index contributed by atoms with van der Waals surface area (Å²) in [6, 6.07) is 14.8. The highest BCUT2D eigenvalue weighted by atomic mass is 16.5. The van der Waals surface area contributed by atoms with Gasteiger partial charge in [0.2, 0.25) is 5.89 Å². The minimum atomic E-state index is -0.427. The molecule has 0 radical (unpaired) electrons. The Balaban J connectivity index is 1.30. The van der Waals surface area contributed by atoms with Gasteiger partial charge in [-0.15, -0.1) is 0 Å². The van der Waals surface area contributed by atoms with Crippen molar-refractivity contribution in [2.75, 3.05) is 0 Å². The molecule has 0 bridgehead atoms. The fourth-order valence-corrected chi connectivity index (χ4v) is 3.01. The molecule has 0 saturated heterocycles. The van der Waals surface area contributed by atoms with E-state index in [4.69, 9.17) is 9.26 Å². The number of ether oxygens (including phenoxy) is 1. The van der Waals surface area contributed by atoms with Crippen LogP contribution >= 0.6 is 0 Å². The molecule has 3 aromatic heterocycles. The topological polar surface area (TPSA) is 99.6 Å². The second-order valence-corrected chi connectivity index (χ2v) is 6.95. The Morgan fingerprint density at radius 1 is 1.13 bits per heavy atom. The summed E-state index contributed by atoms with van der Waals surface area (Å²) >= 11 is 0. The van der Waals surface area contributed by atoms with Gasteiger partial charge in [0, 0.05) is 25.1 Å². The molecule has 0 saturated carbocycles. The van der Waals surface area contributed by atoms with Gasteiger partial charge in [-0.2, -0.15) is 4.98 Å². The molecular weight excluding hydrogens is 384 g/mol. The number of aromatic nitrogens is 4. The lowest BCUT2D eigenvalue weighted by molar-refractivity contribution is -0.145. The van der Waals surface area contributed by atoms with Gasteiger partial charge in [-0.3, -0.25) is 14.0 Å². The van der Waals surface area contributed by atoms with E-state index < -0.39 is 5.97 Å². The van der Waals surface area contributed by atoms with E-state index in [1.807, 2.05) is 43.3 Å². The van der Waals surface area contributed by atoms with Crippen molar-refractivity contribution < 1.29 is 14.1 Å². The van der Waals surface area contributed by atoms with Crippen LogP contribution in [0.5, 0.6) is 0 Å². The zero-order valence-electron chi connectivity index (χ0n) is 16.4. The monoisotopic (exact) mass is 404 g/mol. The maximum Gasteiger partial charge on any atom is 0.306 e. The van der Waals surface area contributed by atoms with Crippen molar-refractivity contribution in [1.29, 1.82) is 0 Å². The quantitative estimate of drug-likeness (QED) is 0.437. The number of nitrogens with zero attached hydrogens (tertiary/aromatic N) is 4. The van der Waals surface area contributed by atoms with E-state index in [2.05, 4.69) is 15.1 Å². The molecule has 0 unspecified atom stereocenters. The predicted molar refractivity (Wildman–Crippen MR) is 108 cm³/mol. The van der Waals surface area contributed by atoms with Gasteiger partial charge in [-0.25, -0.2) is 4.98 Å². The van der Waals surface area contributed by atoms with Crippen LogP contribution in [0.4, 0.5) is 0 Å². The number of hydrogen-bond acceptors (Lipinski definition) is 7. The zero-order chi connectivity index (χ0) is 20.9. The van der Waals surface area contributed by atoms with Crippen LogP contribution in [0.1, 0.15) is 35.0 Å². The van der Waals surface area contributed by atoms with E-state index in [9.17, 15) is 9.59 Å². The molecule has 0 N–H and O–H groups in total. The first-order valence-corrected chi connectivity index (χ1v) is 9.57. The summed E-state index contributed by atoms with van der Waals surface area (Å²) in [7, 11) is 0. The Morgan fingerprint density at radius 3 is 2.80 bits per heavy atom. The van der Waals surface area contributed by atoms with E-state index in [1.54, 1.807) is 12.3 Å². The predicted octanol–water partition coefficient (Wildman–Crippen LogP) is 2.65. The lowest BCUT2D eigenvalue weighted by Crippen LogP contribution is -2.17. The number of esters is 1. The smallest absolute Gasteiger partial charge is 0.306 e. The van der Waals surface area contributed by atoms with Crippen molar-refractivity contribution in [3.63, 3.8) is 0 Å². The van der Waals surface area contributed by atoms with Crippen LogP contribution in [0, 0.1) is 6.92 Å². The van der Waals surface area contributed by atoms with Crippen molar-refractivity contribution >= 4 is 11.6 Å². The maximum absolute atomic E-state index is 12.2. The highest BCUT2D eigenvalue weighted by molar-refractivity contribution is 5.69. The normalized spacial score (nSPS) is 11.0. The summed E-state index contributed by atoms with van der Waals surface area (Å²) in [6.07, 6.45) is 2.67. The molecule has 30 heavy (non-hydrogen) atoms. The van der Waals surface area contributed by atoms with Gasteiger partial charge in [-0.1, -0.05) is 41.6 Å². The number of carbonyl (C=O) groups excluding carboxylic acids is 1. The molecule has 1 aromatic carbocycles. The third-order valence-electron chi connectivity index (χ3n) is 4.50. The van der Waals surface area contributed by atoms with Crippen molar-refractivity contribution in [1.82, 2.24) is 19.5 Å². The standard InChI is InChI=1S/C22H20N4O4/c1-15-7-8-19-23-17(12-21(27)26(19)13-15)14-29-22(28)10-9-20-24-18(25-30-20)11-16-5-3-2-4-6-16/h2-8,12-13H,9-11,14H2,1H3. The molecule has 4 aromatic rings. The number of aryl methyl sites for hydroxylation is 2. The average Bonchev–Trinajstić information content (AvgIpc) is 3.19. The van der Waals surface area contributed by atoms with E-state index in [0.717, 1.165) is 11.1 Å². The molecule has 4 rings (SSSR count). The fourth-order valence-electron chi connectivity index (χ4n) is 3.01. The number of rotatable bonds is 7. The maximum atomic E-state index is 12.2. The summed E-state index contributed by atoms with van der Waals surface area (Å²) in [6.45, 7) is 1.83. The SMILES string of the molecule is Cc1ccc2nc(COC(=O)CCc3nc(Cc4ccccc4)no3)cc(=O)n2c1. The molecular formula is C22H20N4O4. The van der Waals surface area contributed by atoms with Gasteiger partial charge < -0.3 is 9.26 Å². The number of fused-ring (bicyclic) bond motifs is 1. The van der Waals surface area contributed by atoms with Crippen molar-refractivity contribution in [2.24, 2.45) is 0 Å². The molecule has 0 spiro atoms. The summed E-state index contributed by atoms with van der Waals surface area (Å²) in [5, 5.41) is 3.94. The first-order chi connectivity index (χ1) is 14.6. The van der Waals surface area contributed by atoms with Gasteiger partial charge in [0.1, 0.15) is 12.3 Å². The minimum absolute atomic E-state index is 0.0679. The third kappa shape index (κ3) is 4.78. The summed E-state index contributed by atoms with van der Waals surface area (Å²) in [4.78, 5) is 32.9. The zero-order valence-corrected chi connectivity index (χ0v) is 16.4. The van der Waals surface area contributed by atoms with Gasteiger partial charge in [0.05, 0.1) is 12.1 Å². The van der Waals surface area contributed by atoms with E-state index >= 15 is 0 Å². The molecule has 0 aliphatic heterocycles. The van der Waals surface area contributed by atoms with Crippen LogP contribution in [0.15, 0.2) is 64.0 Å². The summed E-state index contributed by atoms with van der Waals surface area (Å²) in [5.74, 6) is 0.527. The van der Waals surface area contributed by atoms with Gasteiger partial charge in [-0.05, 0) is 24.1 Å². The molecule has 0 aliphatic rings. The van der Waals surface area contributed by atoms with E-state index in [0.29, 0.717) is 29.5 Å². The Kier molecular flexibility index (Phi) is 5.65. The second-order valence-electron chi connectivity index (χ2n) is 6.95. The lowest BCUT2D eigenvalue weighted by Gasteiger charge is -2.06. The highest BCUT2D eigenvalue weighted by Gasteiger charge is 2.12. The Hall–Kier alpha value is -3.81. The van der Waals surface area contributed by atoms with Crippen LogP contribution in [0.2, 0.25) is 0 Å². The lowest BCUT2D eigenvalue weighted by atomic mass is 10.1. The minimum Gasteiger partial charge on any atom is -0.459 e. The van der Waals surface area contributed by atoms with Crippen LogP contribution in [0.3, 0.4) is 0 Å². The average molecular weight is 404 g/mol. The second kappa shape index (κ2) is 8.69. The first-order valence-electron chi connectivity index (χ1n) is 9.57. The molecule has 0 fully saturated rings.